The first-order valence-corrected chi connectivity index (χ1v) is 5.84. The molecule has 10 nitrogen and oxygen atoms in total. The quantitative estimate of drug-likeness (QED) is 0.305. The highest BCUT2D eigenvalue weighted by Gasteiger charge is 2.24. The Morgan fingerprint density at radius 3 is 2.64 bits per heavy atom. The lowest BCUT2D eigenvalue weighted by atomic mass is 10.1. The second kappa shape index (κ2) is 5.91. The molecule has 3 N–H and O–H groups in total. The standard InChI is InChI=1S/C12H9N3O7/c16-10(17)5-22-7-1-2-9(15(20)21)6(3-7)4-8-11(18)14-12(19)13-8/h1-4H,5H2,(H,16,17)(H2,13,14,18,19)/b8-4+. The van der Waals surface area contributed by atoms with Crippen molar-refractivity contribution < 1.29 is 29.2 Å². The van der Waals surface area contributed by atoms with E-state index in [1.807, 2.05) is 5.32 Å². The van der Waals surface area contributed by atoms with E-state index in [2.05, 4.69) is 5.32 Å². The number of rotatable bonds is 5. The third-order valence-electron chi connectivity index (χ3n) is 2.58. The van der Waals surface area contributed by atoms with Gasteiger partial charge in [-0.05, 0) is 18.2 Å². The molecule has 10 heteroatoms. The molecule has 0 saturated carbocycles. The molecule has 22 heavy (non-hydrogen) atoms. The van der Waals surface area contributed by atoms with E-state index in [0.29, 0.717) is 0 Å². The number of imide groups is 1. The first-order chi connectivity index (χ1) is 10.4. The van der Waals surface area contributed by atoms with Crippen LogP contribution in [0.4, 0.5) is 10.5 Å². The van der Waals surface area contributed by atoms with E-state index in [9.17, 15) is 24.5 Å². The lowest BCUT2D eigenvalue weighted by molar-refractivity contribution is -0.385. The molecule has 1 aromatic carbocycles. The van der Waals surface area contributed by atoms with Crippen molar-refractivity contribution in [3.8, 4) is 5.75 Å². The minimum Gasteiger partial charge on any atom is -0.482 e. The number of aliphatic carboxylic acids is 1. The minimum absolute atomic E-state index is 0.0137. The fraction of sp³-hybridized carbons (Fsp3) is 0.0833. The van der Waals surface area contributed by atoms with Crippen LogP contribution in [0.2, 0.25) is 0 Å². The first kappa shape index (κ1) is 15.0. The largest absolute Gasteiger partial charge is 0.482 e. The molecular formula is C12H9N3O7. The first-order valence-electron chi connectivity index (χ1n) is 5.84. The number of nitrogens with zero attached hydrogens (tertiary/aromatic N) is 1. The van der Waals surface area contributed by atoms with Gasteiger partial charge in [0, 0.05) is 6.07 Å². The number of hydrogen-bond donors (Lipinski definition) is 3. The maximum Gasteiger partial charge on any atom is 0.341 e. The van der Waals surface area contributed by atoms with Gasteiger partial charge >= 0.3 is 12.0 Å². The van der Waals surface area contributed by atoms with E-state index in [1.165, 1.54) is 12.1 Å². The third kappa shape index (κ3) is 3.36. The highest BCUT2D eigenvalue weighted by Crippen LogP contribution is 2.26. The van der Waals surface area contributed by atoms with Crippen LogP contribution in [0.5, 0.6) is 5.75 Å². The Balaban J connectivity index is 2.38. The Morgan fingerprint density at radius 1 is 1.36 bits per heavy atom. The predicted molar refractivity (Wildman–Crippen MR) is 70.9 cm³/mol. The summed E-state index contributed by atoms with van der Waals surface area (Å²) in [6, 6.07) is 2.80. The van der Waals surface area contributed by atoms with Crippen molar-refractivity contribution in [2.45, 2.75) is 0 Å². The van der Waals surface area contributed by atoms with Crippen LogP contribution in [0.3, 0.4) is 0 Å². The zero-order chi connectivity index (χ0) is 16.3. The maximum absolute atomic E-state index is 11.4. The number of amides is 3. The van der Waals surface area contributed by atoms with Crippen molar-refractivity contribution in [2.75, 3.05) is 6.61 Å². The monoisotopic (exact) mass is 307 g/mol. The summed E-state index contributed by atoms with van der Waals surface area (Å²) in [6.07, 6.45) is 1.10. The molecule has 1 aliphatic heterocycles. The zero-order valence-corrected chi connectivity index (χ0v) is 10.9. The number of hydrogen-bond acceptors (Lipinski definition) is 6. The van der Waals surface area contributed by atoms with Gasteiger partial charge in [0.25, 0.3) is 11.6 Å². The van der Waals surface area contributed by atoms with Gasteiger partial charge in [0.1, 0.15) is 11.4 Å². The number of urea groups is 1. The molecule has 0 unspecified atom stereocenters. The van der Waals surface area contributed by atoms with Gasteiger partial charge in [0.05, 0.1) is 10.5 Å². The van der Waals surface area contributed by atoms with Gasteiger partial charge in [0.2, 0.25) is 0 Å². The Hall–Kier alpha value is -3.43. The fourth-order valence-corrected chi connectivity index (χ4v) is 1.69. The second-order valence-electron chi connectivity index (χ2n) is 4.13. The molecule has 1 aromatic rings. The molecule has 1 heterocycles. The van der Waals surface area contributed by atoms with Gasteiger partial charge in [-0.2, -0.15) is 0 Å². The van der Waals surface area contributed by atoms with Crippen molar-refractivity contribution >= 4 is 29.7 Å². The molecule has 0 radical (unpaired) electrons. The summed E-state index contributed by atoms with van der Waals surface area (Å²) in [4.78, 5) is 43.2. The van der Waals surface area contributed by atoms with E-state index in [1.54, 1.807) is 0 Å². The number of nitro benzene ring substituents is 1. The van der Waals surface area contributed by atoms with Gasteiger partial charge in [-0.15, -0.1) is 0 Å². The van der Waals surface area contributed by atoms with Crippen molar-refractivity contribution in [1.29, 1.82) is 0 Å². The number of carboxylic acid groups (broad SMARTS) is 1. The van der Waals surface area contributed by atoms with Crippen LogP contribution in [0.1, 0.15) is 5.56 Å². The van der Waals surface area contributed by atoms with E-state index < -0.39 is 29.4 Å². The number of nitro groups is 1. The number of carbonyl (C=O) groups is 3. The topological polar surface area (TPSA) is 148 Å². The molecule has 0 aromatic heterocycles. The summed E-state index contributed by atoms with van der Waals surface area (Å²) in [5, 5.41) is 23.7. The third-order valence-corrected chi connectivity index (χ3v) is 2.58. The molecular weight excluding hydrogens is 298 g/mol. The summed E-state index contributed by atoms with van der Waals surface area (Å²) < 4.78 is 4.92. The highest BCUT2D eigenvalue weighted by molar-refractivity contribution is 6.14. The molecule has 0 atom stereocenters. The molecule has 2 rings (SSSR count). The summed E-state index contributed by atoms with van der Waals surface area (Å²) in [5.41, 5.74) is -0.507. The van der Waals surface area contributed by atoms with Crippen molar-refractivity contribution in [3.63, 3.8) is 0 Å². The summed E-state index contributed by atoms with van der Waals surface area (Å²) in [5.74, 6) is -1.86. The zero-order valence-electron chi connectivity index (χ0n) is 10.9. The maximum atomic E-state index is 11.4. The average molecular weight is 307 g/mol. The van der Waals surface area contributed by atoms with Crippen LogP contribution in [0, 0.1) is 10.1 Å². The Bertz CT molecular complexity index is 711. The molecule has 1 aliphatic rings. The lowest BCUT2D eigenvalue weighted by Crippen LogP contribution is -2.22. The predicted octanol–water partition coefficient (Wildman–Crippen LogP) is 0.238. The Morgan fingerprint density at radius 2 is 2.09 bits per heavy atom. The number of ether oxygens (including phenoxy) is 1. The van der Waals surface area contributed by atoms with Crippen molar-refractivity contribution in [3.05, 3.63) is 39.6 Å². The van der Waals surface area contributed by atoms with Crippen LogP contribution in [0.25, 0.3) is 6.08 Å². The van der Waals surface area contributed by atoms with Crippen LogP contribution in [0.15, 0.2) is 23.9 Å². The Kier molecular flexibility index (Phi) is 4.02. The van der Waals surface area contributed by atoms with Crippen LogP contribution < -0.4 is 15.4 Å². The van der Waals surface area contributed by atoms with E-state index in [0.717, 1.165) is 12.1 Å². The SMILES string of the molecule is O=C(O)COc1ccc([N+](=O)[O-])c(/C=C2/NC(=O)NC2=O)c1. The van der Waals surface area contributed by atoms with E-state index >= 15 is 0 Å². The molecule has 3 amide bonds. The highest BCUT2D eigenvalue weighted by atomic mass is 16.6. The van der Waals surface area contributed by atoms with Crippen LogP contribution in [-0.2, 0) is 9.59 Å². The van der Waals surface area contributed by atoms with E-state index in [4.69, 9.17) is 9.84 Å². The average Bonchev–Trinajstić information content (AvgIpc) is 2.74. The van der Waals surface area contributed by atoms with Gasteiger partial charge in [-0.25, -0.2) is 9.59 Å². The number of benzene rings is 1. The number of carbonyl (C=O) groups excluding carboxylic acids is 2. The normalized spacial score (nSPS) is 15.4. The van der Waals surface area contributed by atoms with Gasteiger partial charge in [0.15, 0.2) is 6.61 Å². The van der Waals surface area contributed by atoms with Gasteiger partial charge in [-0.1, -0.05) is 0 Å². The molecule has 0 bridgehead atoms. The van der Waals surface area contributed by atoms with Crippen molar-refractivity contribution in [2.24, 2.45) is 0 Å². The lowest BCUT2D eigenvalue weighted by Gasteiger charge is -2.05. The van der Waals surface area contributed by atoms with Crippen molar-refractivity contribution in [1.82, 2.24) is 10.6 Å². The van der Waals surface area contributed by atoms with E-state index in [-0.39, 0.29) is 22.7 Å². The minimum atomic E-state index is -1.21. The fourth-order valence-electron chi connectivity index (χ4n) is 1.69. The molecule has 0 aliphatic carbocycles. The number of nitrogens with one attached hydrogen (secondary N) is 2. The van der Waals surface area contributed by atoms with Crippen LogP contribution >= 0.6 is 0 Å². The molecule has 0 spiro atoms. The van der Waals surface area contributed by atoms with Gasteiger partial charge < -0.3 is 15.2 Å². The van der Waals surface area contributed by atoms with Crippen LogP contribution in [-0.4, -0.2) is 34.5 Å². The molecule has 114 valence electrons. The van der Waals surface area contributed by atoms with Gasteiger partial charge in [-0.3, -0.25) is 20.2 Å². The summed E-state index contributed by atoms with van der Waals surface area (Å²) in [7, 11) is 0. The number of carboxylic acids is 1. The second-order valence-corrected chi connectivity index (χ2v) is 4.13. The summed E-state index contributed by atoms with van der Waals surface area (Å²) >= 11 is 0. The summed E-state index contributed by atoms with van der Waals surface area (Å²) in [6.45, 7) is -0.620. The molecule has 1 fully saturated rings. The Labute approximate surface area is 122 Å². The molecule has 1 saturated heterocycles. The smallest absolute Gasteiger partial charge is 0.341 e.